The number of benzene rings is 2. The Morgan fingerprint density at radius 1 is 0.735 bits per heavy atom. The molecule has 1 fully saturated rings. The van der Waals surface area contributed by atoms with Gasteiger partial charge in [-0.05, 0) is 77.5 Å². The Hall–Kier alpha value is -3.71. The first-order valence-corrected chi connectivity index (χ1v) is 17.1. The van der Waals surface area contributed by atoms with Crippen molar-refractivity contribution in [3.05, 3.63) is 71.3 Å². The Morgan fingerprint density at radius 3 is 1.65 bits per heavy atom. The predicted octanol–water partition coefficient (Wildman–Crippen LogP) is 3.36. The van der Waals surface area contributed by atoms with Crippen molar-refractivity contribution in [1.82, 2.24) is 20.9 Å². The van der Waals surface area contributed by atoms with Crippen LogP contribution in [0.3, 0.4) is 0 Å². The number of nitrogens with one attached hydrogen (secondary N) is 3. The van der Waals surface area contributed by atoms with Gasteiger partial charge in [-0.15, -0.1) is 0 Å². The number of rotatable bonds is 15. The molecule has 2 aromatic rings. The first-order valence-electron chi connectivity index (χ1n) is 17.1. The SMILES string of the molecule is CC(C)(C)OC(=O)N[C@@H](Cc1ccccc1)[C@H](O)CNC[C@@H](O)[C@H](Cc1ccc(CCC(=O)N2CCOCC2)cc1)NC(=O)OC(C)(C)C. The van der Waals surface area contributed by atoms with Crippen LogP contribution < -0.4 is 16.0 Å². The van der Waals surface area contributed by atoms with Crippen LogP contribution in [0.2, 0.25) is 0 Å². The molecule has 3 amide bonds. The summed E-state index contributed by atoms with van der Waals surface area (Å²) >= 11 is 0. The maximum atomic E-state index is 12.7. The van der Waals surface area contributed by atoms with Gasteiger partial charge in [0.2, 0.25) is 5.91 Å². The van der Waals surface area contributed by atoms with E-state index in [0.29, 0.717) is 52.0 Å². The highest BCUT2D eigenvalue weighted by Gasteiger charge is 2.28. The molecule has 0 saturated carbocycles. The molecule has 0 aromatic heterocycles. The Morgan fingerprint density at radius 2 is 1.18 bits per heavy atom. The summed E-state index contributed by atoms with van der Waals surface area (Å²) in [7, 11) is 0. The maximum Gasteiger partial charge on any atom is 0.407 e. The summed E-state index contributed by atoms with van der Waals surface area (Å²) < 4.78 is 16.2. The van der Waals surface area contributed by atoms with Crippen LogP contribution in [0, 0.1) is 0 Å². The van der Waals surface area contributed by atoms with Crippen LogP contribution in [0.1, 0.15) is 64.7 Å². The van der Waals surface area contributed by atoms with Gasteiger partial charge in [0.05, 0.1) is 37.5 Å². The minimum absolute atomic E-state index is 0.0454. The molecule has 3 rings (SSSR count). The fourth-order valence-corrected chi connectivity index (χ4v) is 5.33. The molecule has 1 heterocycles. The molecule has 1 aliphatic rings. The van der Waals surface area contributed by atoms with Crippen molar-refractivity contribution < 1.29 is 38.8 Å². The molecule has 4 atom stereocenters. The van der Waals surface area contributed by atoms with Crippen LogP contribution in [0.5, 0.6) is 0 Å². The predicted molar refractivity (Wildman–Crippen MR) is 187 cm³/mol. The van der Waals surface area contributed by atoms with Gasteiger partial charge >= 0.3 is 12.2 Å². The molecule has 12 heteroatoms. The minimum Gasteiger partial charge on any atom is -0.444 e. The summed E-state index contributed by atoms with van der Waals surface area (Å²) in [4.78, 5) is 39.7. The minimum atomic E-state index is -1.04. The molecular weight excluding hydrogens is 628 g/mol. The highest BCUT2D eigenvalue weighted by molar-refractivity contribution is 5.76. The zero-order valence-electron chi connectivity index (χ0n) is 29.9. The van der Waals surface area contributed by atoms with Crippen LogP contribution in [0.25, 0.3) is 0 Å². The summed E-state index contributed by atoms with van der Waals surface area (Å²) in [5.74, 6) is 0.113. The van der Waals surface area contributed by atoms with Crippen molar-refractivity contribution in [2.24, 2.45) is 0 Å². The lowest BCUT2D eigenvalue weighted by Gasteiger charge is -2.29. The van der Waals surface area contributed by atoms with E-state index >= 15 is 0 Å². The van der Waals surface area contributed by atoms with Gasteiger partial charge in [-0.1, -0.05) is 54.6 Å². The van der Waals surface area contributed by atoms with Crippen LogP contribution in [-0.2, 0) is 38.3 Å². The lowest BCUT2D eigenvalue weighted by Crippen LogP contribution is -2.53. The number of hydrogen-bond acceptors (Lipinski definition) is 9. The highest BCUT2D eigenvalue weighted by atomic mass is 16.6. The van der Waals surface area contributed by atoms with Crippen LogP contribution in [0.4, 0.5) is 9.59 Å². The molecule has 49 heavy (non-hydrogen) atoms. The number of alkyl carbamates (subject to hydrolysis) is 2. The van der Waals surface area contributed by atoms with Crippen molar-refractivity contribution >= 4 is 18.1 Å². The van der Waals surface area contributed by atoms with Crippen LogP contribution >= 0.6 is 0 Å². The highest BCUT2D eigenvalue weighted by Crippen LogP contribution is 2.14. The van der Waals surface area contributed by atoms with Gasteiger partial charge in [0.25, 0.3) is 0 Å². The lowest BCUT2D eigenvalue weighted by atomic mass is 9.98. The quantitative estimate of drug-likeness (QED) is 0.190. The summed E-state index contributed by atoms with van der Waals surface area (Å²) in [6.07, 6.45) is -1.64. The van der Waals surface area contributed by atoms with Crippen molar-refractivity contribution in [1.29, 1.82) is 0 Å². The van der Waals surface area contributed by atoms with E-state index in [1.807, 2.05) is 59.5 Å². The molecule has 272 valence electrons. The van der Waals surface area contributed by atoms with E-state index in [4.69, 9.17) is 14.2 Å². The maximum absolute atomic E-state index is 12.7. The van der Waals surface area contributed by atoms with Gasteiger partial charge in [0.1, 0.15) is 11.2 Å². The molecule has 0 spiro atoms. The standard InChI is InChI=1S/C37H56N4O8/c1-36(2,3)48-34(45)39-29(22-27-10-8-7-9-11-27)31(42)24-38-25-32(43)30(40-35(46)49-37(4,5)6)23-28-14-12-26(13-15-28)16-17-33(44)41-18-20-47-21-19-41/h7-15,29-32,38,42-43H,16-25H2,1-6H3,(H,39,45)(H,40,46)/t29-,30-,31+,32+/m0/s1. The Balaban J connectivity index is 1.61. The number of carbonyl (C=O) groups excluding carboxylic acids is 3. The second kappa shape index (κ2) is 18.9. The third kappa shape index (κ3) is 15.6. The molecule has 5 N–H and O–H groups in total. The van der Waals surface area contributed by atoms with E-state index < -0.39 is 47.7 Å². The number of aryl methyl sites for hydroxylation is 1. The third-order valence-electron chi connectivity index (χ3n) is 7.81. The van der Waals surface area contributed by atoms with Gasteiger partial charge < -0.3 is 45.3 Å². The molecule has 0 radical (unpaired) electrons. The number of morpholine rings is 1. The van der Waals surface area contributed by atoms with Crippen molar-refractivity contribution in [2.75, 3.05) is 39.4 Å². The summed E-state index contributed by atoms with van der Waals surface area (Å²) in [5.41, 5.74) is 1.40. The average Bonchev–Trinajstić information content (AvgIpc) is 3.02. The number of carbonyl (C=O) groups is 3. The molecule has 2 aromatic carbocycles. The molecule has 0 bridgehead atoms. The number of ether oxygens (including phenoxy) is 3. The number of aliphatic hydroxyl groups is 2. The van der Waals surface area contributed by atoms with E-state index in [1.54, 1.807) is 41.5 Å². The zero-order chi connectivity index (χ0) is 36.0. The molecule has 12 nitrogen and oxygen atoms in total. The van der Waals surface area contributed by atoms with E-state index in [9.17, 15) is 24.6 Å². The van der Waals surface area contributed by atoms with Gasteiger partial charge in [-0.2, -0.15) is 0 Å². The fraction of sp³-hybridized carbons (Fsp3) is 0.595. The van der Waals surface area contributed by atoms with Crippen molar-refractivity contribution in [3.63, 3.8) is 0 Å². The normalized spacial score (nSPS) is 16.2. The zero-order valence-corrected chi connectivity index (χ0v) is 29.9. The molecule has 0 aliphatic carbocycles. The lowest BCUT2D eigenvalue weighted by molar-refractivity contribution is -0.135. The van der Waals surface area contributed by atoms with E-state index in [1.165, 1.54) is 0 Å². The summed E-state index contributed by atoms with van der Waals surface area (Å²) in [5, 5.41) is 31.1. The van der Waals surface area contributed by atoms with E-state index in [0.717, 1.165) is 16.7 Å². The topological polar surface area (TPSA) is 159 Å². The Bertz CT molecular complexity index is 1300. The van der Waals surface area contributed by atoms with Gasteiger partial charge in [-0.3, -0.25) is 4.79 Å². The van der Waals surface area contributed by atoms with Crippen molar-refractivity contribution in [2.45, 2.75) is 103 Å². The third-order valence-corrected chi connectivity index (χ3v) is 7.81. The Kier molecular flexibility index (Phi) is 15.3. The van der Waals surface area contributed by atoms with Gasteiger partial charge in [0, 0.05) is 32.6 Å². The fourth-order valence-electron chi connectivity index (χ4n) is 5.33. The van der Waals surface area contributed by atoms with E-state index in [-0.39, 0.29) is 19.0 Å². The van der Waals surface area contributed by atoms with E-state index in [2.05, 4.69) is 16.0 Å². The average molecular weight is 685 g/mol. The van der Waals surface area contributed by atoms with Gasteiger partial charge in [0.15, 0.2) is 0 Å². The number of nitrogens with zero attached hydrogens (tertiary/aromatic N) is 1. The van der Waals surface area contributed by atoms with Gasteiger partial charge in [-0.25, -0.2) is 9.59 Å². The largest absolute Gasteiger partial charge is 0.444 e. The molecule has 1 aliphatic heterocycles. The first kappa shape index (κ1) is 39.7. The Labute approximate surface area is 290 Å². The summed E-state index contributed by atoms with van der Waals surface area (Å²) in [6, 6.07) is 15.9. The first-order chi connectivity index (χ1) is 23.1. The molecule has 1 saturated heterocycles. The molecular formula is C37H56N4O8. The second-order valence-electron chi connectivity index (χ2n) is 14.5. The second-order valence-corrected chi connectivity index (χ2v) is 14.5. The smallest absolute Gasteiger partial charge is 0.407 e. The monoisotopic (exact) mass is 684 g/mol. The van der Waals surface area contributed by atoms with Crippen LogP contribution in [0.15, 0.2) is 54.6 Å². The number of hydrogen-bond donors (Lipinski definition) is 5. The molecule has 0 unspecified atom stereocenters. The number of amides is 3. The van der Waals surface area contributed by atoms with Crippen LogP contribution in [-0.4, -0.2) is 108 Å². The number of aliphatic hydroxyl groups excluding tert-OH is 2. The van der Waals surface area contributed by atoms with Crippen molar-refractivity contribution in [3.8, 4) is 0 Å². The summed E-state index contributed by atoms with van der Waals surface area (Å²) in [6.45, 7) is 13.1.